The molecule has 5 rings (SSSR count). The summed E-state index contributed by atoms with van der Waals surface area (Å²) in [7, 11) is -2.04. The number of anilines is 2. The first-order valence-electron chi connectivity index (χ1n) is 14.9. The van der Waals surface area contributed by atoms with Gasteiger partial charge in [0.2, 0.25) is 10.0 Å². The van der Waals surface area contributed by atoms with Crippen LogP contribution >= 0.6 is 0 Å². The third kappa shape index (κ3) is 6.99. The van der Waals surface area contributed by atoms with Gasteiger partial charge in [0, 0.05) is 36.8 Å². The highest BCUT2D eigenvalue weighted by molar-refractivity contribution is 7.89. The Kier molecular flexibility index (Phi) is 8.76. The topological polar surface area (TPSA) is 115 Å². The van der Waals surface area contributed by atoms with Gasteiger partial charge in [-0.15, -0.1) is 0 Å². The second kappa shape index (κ2) is 12.2. The zero-order valence-electron chi connectivity index (χ0n) is 25.9. The van der Waals surface area contributed by atoms with Crippen LogP contribution in [-0.2, 0) is 33.4 Å². The zero-order valence-corrected chi connectivity index (χ0v) is 26.7. The molecule has 2 aliphatic rings. The van der Waals surface area contributed by atoms with Gasteiger partial charge in [-0.2, -0.15) is 9.40 Å². The highest BCUT2D eigenvalue weighted by atomic mass is 32.2. The van der Waals surface area contributed by atoms with E-state index in [2.05, 4.69) is 37.5 Å². The lowest BCUT2D eigenvalue weighted by Gasteiger charge is -2.28. The number of carbonyl (C=O) groups excluding carboxylic acids is 1. The Bertz CT molecular complexity index is 1550. The van der Waals surface area contributed by atoms with Gasteiger partial charge < -0.3 is 20.1 Å². The number of hydrogen-bond donors (Lipinski definition) is 2. The SMILES string of the molecule is COc1ccc(CN2Cc3ccc(Nc4cc(C5CCC(OC(=O)NC(C)C)CC5)nn4C(C)(C)C)cc3S2(=O)=O)cc1. The Hall–Kier alpha value is -3.57. The molecule has 232 valence electrons. The van der Waals surface area contributed by atoms with Crippen molar-refractivity contribution in [1.29, 1.82) is 0 Å². The number of rotatable bonds is 8. The third-order valence-electron chi connectivity index (χ3n) is 7.96. The molecule has 1 amide bonds. The van der Waals surface area contributed by atoms with E-state index >= 15 is 0 Å². The fourth-order valence-corrected chi connectivity index (χ4v) is 7.38. The van der Waals surface area contributed by atoms with Gasteiger partial charge in [-0.25, -0.2) is 17.9 Å². The fourth-order valence-electron chi connectivity index (χ4n) is 5.74. The molecule has 43 heavy (non-hydrogen) atoms. The fraction of sp³-hybridized carbons (Fsp3) is 0.500. The van der Waals surface area contributed by atoms with E-state index in [0.717, 1.165) is 54.1 Å². The molecule has 1 aliphatic carbocycles. The van der Waals surface area contributed by atoms with E-state index in [1.807, 2.05) is 54.9 Å². The number of methoxy groups -OCH3 is 1. The molecule has 0 bridgehead atoms. The van der Waals surface area contributed by atoms with Gasteiger partial charge in [0.1, 0.15) is 17.7 Å². The van der Waals surface area contributed by atoms with Crippen LogP contribution in [0.3, 0.4) is 0 Å². The first kappa shape index (κ1) is 30.9. The maximum absolute atomic E-state index is 13.5. The number of sulfonamides is 1. The number of nitrogens with zero attached hydrogens (tertiary/aromatic N) is 3. The molecule has 11 heteroatoms. The molecule has 2 N–H and O–H groups in total. The van der Waals surface area contributed by atoms with Crippen LogP contribution in [0.15, 0.2) is 53.4 Å². The molecular weight excluding hydrogens is 566 g/mol. The lowest BCUT2D eigenvalue weighted by molar-refractivity contribution is 0.0696. The predicted octanol–water partition coefficient (Wildman–Crippen LogP) is 6.26. The van der Waals surface area contributed by atoms with Gasteiger partial charge in [0.15, 0.2) is 0 Å². The van der Waals surface area contributed by atoms with E-state index in [4.69, 9.17) is 14.6 Å². The van der Waals surface area contributed by atoms with Crippen LogP contribution in [0.25, 0.3) is 0 Å². The highest BCUT2D eigenvalue weighted by Crippen LogP contribution is 2.38. The summed E-state index contributed by atoms with van der Waals surface area (Å²) in [5.74, 6) is 1.80. The second-order valence-electron chi connectivity index (χ2n) is 12.8. The van der Waals surface area contributed by atoms with E-state index in [1.54, 1.807) is 13.2 Å². The van der Waals surface area contributed by atoms with Crippen molar-refractivity contribution in [2.75, 3.05) is 12.4 Å². The van der Waals surface area contributed by atoms with Gasteiger partial charge in [0.05, 0.1) is 23.2 Å². The van der Waals surface area contributed by atoms with Crippen molar-refractivity contribution in [3.8, 4) is 5.75 Å². The molecule has 1 aromatic heterocycles. The maximum Gasteiger partial charge on any atom is 0.407 e. The zero-order chi connectivity index (χ0) is 30.9. The number of fused-ring (bicyclic) bond motifs is 1. The number of hydrogen-bond acceptors (Lipinski definition) is 7. The smallest absolute Gasteiger partial charge is 0.407 e. The molecule has 1 aliphatic heterocycles. The summed E-state index contributed by atoms with van der Waals surface area (Å²) in [4.78, 5) is 12.4. The Balaban J connectivity index is 1.30. The minimum atomic E-state index is -3.65. The van der Waals surface area contributed by atoms with Crippen molar-refractivity contribution < 1.29 is 22.7 Å². The largest absolute Gasteiger partial charge is 0.497 e. The van der Waals surface area contributed by atoms with Crippen molar-refractivity contribution in [2.24, 2.45) is 0 Å². The predicted molar refractivity (Wildman–Crippen MR) is 166 cm³/mol. The van der Waals surface area contributed by atoms with E-state index in [-0.39, 0.29) is 29.7 Å². The molecule has 0 saturated heterocycles. The Morgan fingerprint density at radius 1 is 1.05 bits per heavy atom. The molecule has 0 spiro atoms. The van der Waals surface area contributed by atoms with E-state index < -0.39 is 10.0 Å². The molecule has 2 heterocycles. The van der Waals surface area contributed by atoms with Crippen LogP contribution in [0, 0.1) is 0 Å². The average molecular weight is 610 g/mol. The molecular formula is C32H43N5O5S. The quantitative estimate of drug-likeness (QED) is 0.310. The number of carbonyl (C=O) groups is 1. The van der Waals surface area contributed by atoms with Gasteiger partial charge in [-0.3, -0.25) is 0 Å². The monoisotopic (exact) mass is 609 g/mol. The summed E-state index contributed by atoms with van der Waals surface area (Å²) < 4.78 is 41.3. The lowest BCUT2D eigenvalue weighted by Crippen LogP contribution is -2.35. The van der Waals surface area contributed by atoms with Crippen molar-refractivity contribution in [3.63, 3.8) is 0 Å². The summed E-state index contributed by atoms with van der Waals surface area (Å²) >= 11 is 0. The normalized spacial score (nSPS) is 20.1. The number of nitrogens with one attached hydrogen (secondary N) is 2. The van der Waals surface area contributed by atoms with Gasteiger partial charge in [0.25, 0.3) is 0 Å². The number of amides is 1. The maximum atomic E-state index is 13.5. The standard InChI is InChI=1S/C32H43N5O5S/c1-21(2)33-31(38)42-27-15-10-23(11-16-27)28-18-30(37(35-28)32(3,4)5)34-25-12-9-24-20-36(43(39,40)29(24)17-25)19-22-7-13-26(41-6)14-8-22/h7-9,12-14,17-18,21,23,27,34H,10-11,15-16,19-20H2,1-6H3,(H,33,38). The van der Waals surface area contributed by atoms with E-state index in [9.17, 15) is 13.2 Å². The van der Waals surface area contributed by atoms with Gasteiger partial charge in [-0.05, 0) is 95.7 Å². The third-order valence-corrected chi connectivity index (χ3v) is 9.83. The first-order chi connectivity index (χ1) is 20.3. The summed E-state index contributed by atoms with van der Waals surface area (Å²) in [6, 6.07) is 15.1. The molecule has 1 saturated carbocycles. The van der Waals surface area contributed by atoms with Crippen molar-refractivity contribution in [1.82, 2.24) is 19.4 Å². The number of ether oxygens (including phenoxy) is 2. The van der Waals surface area contributed by atoms with Crippen LogP contribution in [0.2, 0.25) is 0 Å². The van der Waals surface area contributed by atoms with Crippen LogP contribution in [-0.4, -0.2) is 47.9 Å². The molecule has 0 unspecified atom stereocenters. The van der Waals surface area contributed by atoms with Crippen LogP contribution < -0.4 is 15.4 Å². The Labute approximate surface area is 254 Å². The van der Waals surface area contributed by atoms with E-state index in [1.165, 1.54) is 4.31 Å². The molecule has 0 atom stereocenters. The Morgan fingerprint density at radius 3 is 2.37 bits per heavy atom. The van der Waals surface area contributed by atoms with E-state index in [0.29, 0.717) is 23.7 Å². The van der Waals surface area contributed by atoms with Gasteiger partial charge >= 0.3 is 6.09 Å². The van der Waals surface area contributed by atoms with Crippen LogP contribution in [0.4, 0.5) is 16.3 Å². The van der Waals surface area contributed by atoms with Crippen LogP contribution in [0.1, 0.15) is 83.0 Å². The van der Waals surface area contributed by atoms with Gasteiger partial charge in [-0.1, -0.05) is 18.2 Å². The number of alkyl carbamates (subject to hydrolysis) is 1. The van der Waals surface area contributed by atoms with Crippen molar-refractivity contribution >= 4 is 27.6 Å². The number of benzene rings is 2. The highest BCUT2D eigenvalue weighted by Gasteiger charge is 2.35. The summed E-state index contributed by atoms with van der Waals surface area (Å²) in [6.07, 6.45) is 2.88. The molecule has 3 aromatic rings. The second-order valence-corrected chi connectivity index (χ2v) is 14.7. The van der Waals surface area contributed by atoms with Crippen molar-refractivity contribution in [2.45, 2.75) is 102 Å². The average Bonchev–Trinajstić information content (AvgIpc) is 3.48. The molecule has 2 aromatic carbocycles. The molecule has 0 radical (unpaired) electrons. The minimum absolute atomic E-state index is 0.0419. The lowest BCUT2D eigenvalue weighted by atomic mass is 9.85. The summed E-state index contributed by atoms with van der Waals surface area (Å²) in [6.45, 7) is 10.7. The Morgan fingerprint density at radius 2 is 1.74 bits per heavy atom. The van der Waals surface area contributed by atoms with Crippen molar-refractivity contribution in [3.05, 3.63) is 65.4 Å². The first-order valence-corrected chi connectivity index (χ1v) is 16.4. The number of aromatic nitrogens is 2. The minimum Gasteiger partial charge on any atom is -0.497 e. The summed E-state index contributed by atoms with van der Waals surface area (Å²) in [5.41, 5.74) is 3.07. The summed E-state index contributed by atoms with van der Waals surface area (Å²) in [5, 5.41) is 11.3. The molecule has 10 nitrogen and oxygen atoms in total. The van der Waals surface area contributed by atoms with Crippen LogP contribution in [0.5, 0.6) is 5.75 Å². The molecule has 1 fully saturated rings.